The van der Waals surface area contributed by atoms with Gasteiger partial charge in [-0.05, 0) is 23.9 Å². The molecule has 2 aromatic heterocycles. The van der Waals surface area contributed by atoms with Gasteiger partial charge in [0.05, 0.1) is 6.54 Å². The SMILES string of the molecule is Cc1ccsc1CNc1cc(N(C)C#N)ncn1. The minimum atomic E-state index is 0.581. The van der Waals surface area contributed by atoms with Crippen molar-refractivity contribution in [3.05, 3.63) is 34.3 Å². The van der Waals surface area contributed by atoms with E-state index in [0.717, 1.165) is 12.4 Å². The fourth-order valence-corrected chi connectivity index (χ4v) is 2.28. The second-order valence-corrected chi connectivity index (χ2v) is 4.80. The molecule has 0 spiro atoms. The molecule has 5 nitrogen and oxygen atoms in total. The van der Waals surface area contributed by atoms with Gasteiger partial charge in [0, 0.05) is 18.0 Å². The molecule has 0 unspecified atom stereocenters. The lowest BCUT2D eigenvalue weighted by molar-refractivity contribution is 1.05. The summed E-state index contributed by atoms with van der Waals surface area (Å²) < 4.78 is 0. The number of aryl methyl sites for hydroxylation is 1. The van der Waals surface area contributed by atoms with Crippen LogP contribution < -0.4 is 10.2 Å². The van der Waals surface area contributed by atoms with E-state index in [9.17, 15) is 0 Å². The van der Waals surface area contributed by atoms with Crippen LogP contribution in [-0.2, 0) is 6.54 Å². The Morgan fingerprint density at radius 1 is 1.50 bits per heavy atom. The van der Waals surface area contributed by atoms with E-state index < -0.39 is 0 Å². The van der Waals surface area contributed by atoms with Crippen LogP contribution in [0.25, 0.3) is 0 Å². The molecule has 0 bridgehead atoms. The molecule has 0 atom stereocenters. The molecular formula is C12H13N5S. The van der Waals surface area contributed by atoms with Gasteiger partial charge >= 0.3 is 0 Å². The zero-order chi connectivity index (χ0) is 13.0. The Bertz CT molecular complexity index is 572. The maximum Gasteiger partial charge on any atom is 0.185 e. The Morgan fingerprint density at radius 2 is 2.33 bits per heavy atom. The molecule has 92 valence electrons. The molecule has 0 aliphatic rings. The number of nitrogens with zero attached hydrogens (tertiary/aromatic N) is 4. The van der Waals surface area contributed by atoms with E-state index in [1.807, 2.05) is 6.19 Å². The van der Waals surface area contributed by atoms with Crippen molar-refractivity contribution in [1.82, 2.24) is 9.97 Å². The Hall–Kier alpha value is -2.13. The topological polar surface area (TPSA) is 64.8 Å². The van der Waals surface area contributed by atoms with E-state index in [0.29, 0.717) is 5.82 Å². The summed E-state index contributed by atoms with van der Waals surface area (Å²) in [5, 5.41) is 14.1. The van der Waals surface area contributed by atoms with E-state index >= 15 is 0 Å². The highest BCUT2D eigenvalue weighted by atomic mass is 32.1. The third kappa shape index (κ3) is 2.76. The van der Waals surface area contributed by atoms with E-state index in [1.165, 1.54) is 21.7 Å². The van der Waals surface area contributed by atoms with Crippen LogP contribution >= 0.6 is 11.3 Å². The molecular weight excluding hydrogens is 246 g/mol. The average molecular weight is 259 g/mol. The van der Waals surface area contributed by atoms with Crippen molar-refractivity contribution in [1.29, 1.82) is 5.26 Å². The van der Waals surface area contributed by atoms with Crippen molar-refractivity contribution in [2.45, 2.75) is 13.5 Å². The molecule has 0 amide bonds. The third-order valence-electron chi connectivity index (χ3n) is 2.54. The van der Waals surface area contributed by atoms with Gasteiger partial charge in [-0.2, -0.15) is 5.26 Å². The molecule has 0 fully saturated rings. The van der Waals surface area contributed by atoms with Gasteiger partial charge in [0.25, 0.3) is 0 Å². The van der Waals surface area contributed by atoms with Gasteiger partial charge in [0.1, 0.15) is 18.0 Å². The predicted molar refractivity (Wildman–Crippen MR) is 72.4 cm³/mol. The smallest absolute Gasteiger partial charge is 0.185 e. The first-order valence-electron chi connectivity index (χ1n) is 5.43. The van der Waals surface area contributed by atoms with Gasteiger partial charge in [-0.25, -0.2) is 9.97 Å². The van der Waals surface area contributed by atoms with Gasteiger partial charge in [0.2, 0.25) is 0 Å². The molecule has 2 aromatic rings. The van der Waals surface area contributed by atoms with Crippen LogP contribution in [-0.4, -0.2) is 17.0 Å². The van der Waals surface area contributed by atoms with Crippen molar-refractivity contribution in [3.8, 4) is 6.19 Å². The van der Waals surface area contributed by atoms with Gasteiger partial charge in [-0.3, -0.25) is 4.90 Å². The second-order valence-electron chi connectivity index (χ2n) is 3.80. The molecule has 0 aliphatic carbocycles. The van der Waals surface area contributed by atoms with Crippen LogP contribution in [0.4, 0.5) is 11.6 Å². The Kier molecular flexibility index (Phi) is 3.75. The zero-order valence-corrected chi connectivity index (χ0v) is 11.0. The van der Waals surface area contributed by atoms with E-state index in [-0.39, 0.29) is 0 Å². The standard InChI is InChI=1S/C12H13N5S/c1-9-3-4-18-10(9)6-14-11-5-12(16-8-15-11)17(2)7-13/h3-5,8H,6H2,1-2H3,(H,14,15,16). The lowest BCUT2D eigenvalue weighted by atomic mass is 10.3. The Balaban J connectivity index is 2.06. The minimum absolute atomic E-state index is 0.581. The molecule has 1 N–H and O–H groups in total. The number of aromatic nitrogens is 2. The van der Waals surface area contributed by atoms with E-state index in [2.05, 4.69) is 33.7 Å². The molecule has 0 saturated carbocycles. The van der Waals surface area contributed by atoms with Gasteiger partial charge in [0.15, 0.2) is 6.19 Å². The number of thiophene rings is 1. The zero-order valence-electron chi connectivity index (χ0n) is 10.2. The van der Waals surface area contributed by atoms with Crippen molar-refractivity contribution < 1.29 is 0 Å². The van der Waals surface area contributed by atoms with E-state index in [4.69, 9.17) is 5.26 Å². The van der Waals surface area contributed by atoms with Crippen LogP contribution in [0, 0.1) is 18.4 Å². The third-order valence-corrected chi connectivity index (χ3v) is 3.57. The Morgan fingerprint density at radius 3 is 3.00 bits per heavy atom. The lowest BCUT2D eigenvalue weighted by Gasteiger charge is -2.09. The first-order chi connectivity index (χ1) is 8.70. The predicted octanol–water partition coefficient (Wildman–Crippen LogP) is 2.38. The van der Waals surface area contributed by atoms with E-state index in [1.54, 1.807) is 24.5 Å². The van der Waals surface area contributed by atoms with Crippen LogP contribution in [0.3, 0.4) is 0 Å². The molecule has 0 aromatic carbocycles. The first-order valence-corrected chi connectivity index (χ1v) is 6.31. The molecule has 0 saturated heterocycles. The fraction of sp³-hybridized carbons (Fsp3) is 0.250. The van der Waals surface area contributed by atoms with Crippen molar-refractivity contribution in [2.75, 3.05) is 17.3 Å². The van der Waals surface area contributed by atoms with Crippen molar-refractivity contribution in [3.63, 3.8) is 0 Å². The summed E-state index contributed by atoms with van der Waals surface area (Å²) in [6.07, 6.45) is 3.46. The van der Waals surface area contributed by atoms with Crippen LogP contribution in [0.2, 0.25) is 0 Å². The molecule has 18 heavy (non-hydrogen) atoms. The van der Waals surface area contributed by atoms with Crippen molar-refractivity contribution in [2.24, 2.45) is 0 Å². The van der Waals surface area contributed by atoms with Crippen LogP contribution in [0.1, 0.15) is 10.4 Å². The fourth-order valence-electron chi connectivity index (χ4n) is 1.43. The highest BCUT2D eigenvalue weighted by Crippen LogP contribution is 2.18. The summed E-state index contributed by atoms with van der Waals surface area (Å²) >= 11 is 1.72. The number of nitrogens with one attached hydrogen (secondary N) is 1. The lowest BCUT2D eigenvalue weighted by Crippen LogP contribution is -2.11. The molecule has 6 heteroatoms. The number of anilines is 2. The monoisotopic (exact) mass is 259 g/mol. The quantitative estimate of drug-likeness (QED) is 0.674. The second kappa shape index (κ2) is 5.47. The number of rotatable bonds is 4. The average Bonchev–Trinajstić information content (AvgIpc) is 2.81. The summed E-state index contributed by atoms with van der Waals surface area (Å²) in [7, 11) is 1.66. The summed E-state index contributed by atoms with van der Waals surface area (Å²) in [4.78, 5) is 10.8. The summed E-state index contributed by atoms with van der Waals surface area (Å²) in [5.41, 5.74) is 1.27. The maximum atomic E-state index is 8.79. The summed E-state index contributed by atoms with van der Waals surface area (Å²) in [6.45, 7) is 2.82. The molecule has 2 heterocycles. The highest BCUT2D eigenvalue weighted by molar-refractivity contribution is 7.10. The number of hydrogen-bond donors (Lipinski definition) is 1. The minimum Gasteiger partial charge on any atom is -0.365 e. The van der Waals surface area contributed by atoms with Gasteiger partial charge in [-0.1, -0.05) is 0 Å². The molecule has 0 radical (unpaired) electrons. The van der Waals surface area contributed by atoms with Crippen LogP contribution in [0.15, 0.2) is 23.8 Å². The van der Waals surface area contributed by atoms with Crippen LogP contribution in [0.5, 0.6) is 0 Å². The molecule has 0 aliphatic heterocycles. The maximum absolute atomic E-state index is 8.79. The van der Waals surface area contributed by atoms with Gasteiger partial charge < -0.3 is 5.32 Å². The Labute approximate surface area is 110 Å². The number of nitriles is 1. The molecule has 2 rings (SSSR count). The first kappa shape index (κ1) is 12.3. The number of hydrogen-bond acceptors (Lipinski definition) is 6. The van der Waals surface area contributed by atoms with Crippen molar-refractivity contribution >= 4 is 23.0 Å². The highest BCUT2D eigenvalue weighted by Gasteiger charge is 2.04. The normalized spacial score (nSPS) is 9.83. The van der Waals surface area contributed by atoms with Gasteiger partial charge in [-0.15, -0.1) is 11.3 Å². The summed E-state index contributed by atoms with van der Waals surface area (Å²) in [5.74, 6) is 1.30. The largest absolute Gasteiger partial charge is 0.365 e. The summed E-state index contributed by atoms with van der Waals surface area (Å²) in [6, 6.07) is 3.85.